The molecule has 3 amide bonds. The number of carbonyl (C=O) groups excluding carboxylic acids is 2. The van der Waals surface area contributed by atoms with Crippen molar-refractivity contribution in [2.45, 2.75) is 59.3 Å². The van der Waals surface area contributed by atoms with Crippen molar-refractivity contribution in [1.29, 1.82) is 0 Å². The van der Waals surface area contributed by atoms with Crippen LogP contribution in [0.15, 0.2) is 16.8 Å². The Morgan fingerprint density at radius 2 is 2.11 bits per heavy atom. The van der Waals surface area contributed by atoms with E-state index in [2.05, 4.69) is 27.3 Å². The number of nitrogens with zero attached hydrogens (tertiary/aromatic N) is 4. The molecule has 0 aliphatic carbocycles. The number of nitrogens with one attached hydrogen (secondary N) is 1. The van der Waals surface area contributed by atoms with E-state index in [0.717, 1.165) is 0 Å². The quantitative estimate of drug-likeness (QED) is 0.517. The Balaban J connectivity index is 1.91. The van der Waals surface area contributed by atoms with Crippen molar-refractivity contribution in [3.63, 3.8) is 0 Å². The third-order valence-corrected chi connectivity index (χ3v) is 6.10. The number of amides is 3. The van der Waals surface area contributed by atoms with Crippen LogP contribution >= 0.6 is 0 Å². The summed E-state index contributed by atoms with van der Waals surface area (Å²) < 4.78 is 11.3. The lowest BCUT2D eigenvalue weighted by atomic mass is 10.00. The van der Waals surface area contributed by atoms with Crippen LogP contribution in [0.2, 0.25) is 0 Å². The highest BCUT2D eigenvalue weighted by Gasteiger charge is 2.35. The number of aromatic nitrogens is 2. The molecule has 1 aliphatic heterocycles. The lowest BCUT2D eigenvalue weighted by Gasteiger charge is -2.37. The molecule has 0 unspecified atom stereocenters. The van der Waals surface area contributed by atoms with Crippen LogP contribution in [0.1, 0.15) is 55.1 Å². The minimum atomic E-state index is -1.21. The van der Waals surface area contributed by atoms with E-state index < -0.39 is 17.7 Å². The van der Waals surface area contributed by atoms with Crippen LogP contribution in [0.3, 0.4) is 0 Å². The fraction of sp³-hybridized carbons (Fsp3) is 0.538. The van der Waals surface area contributed by atoms with E-state index in [4.69, 9.17) is 9.26 Å². The summed E-state index contributed by atoms with van der Waals surface area (Å²) in [5.41, 5.74) is 0.516. The third-order valence-electron chi connectivity index (χ3n) is 6.10. The van der Waals surface area contributed by atoms with Gasteiger partial charge >= 0.3 is 6.03 Å². The molecule has 3 heterocycles. The van der Waals surface area contributed by atoms with Gasteiger partial charge in [-0.2, -0.15) is 0 Å². The maximum Gasteiger partial charge on any atom is 0.321 e. The topological polar surface area (TPSA) is 141 Å². The number of carbonyl (C=O) groups is 2. The van der Waals surface area contributed by atoms with Crippen molar-refractivity contribution < 1.29 is 29.1 Å². The molecule has 0 saturated heterocycles. The summed E-state index contributed by atoms with van der Waals surface area (Å²) in [6, 6.07) is 0.754. The number of hydrogen-bond acceptors (Lipinski definition) is 8. The highest BCUT2D eigenvalue weighted by atomic mass is 16.5. The van der Waals surface area contributed by atoms with Gasteiger partial charge in [0.1, 0.15) is 28.6 Å². The monoisotopic (exact) mass is 513 g/mol. The predicted octanol–water partition coefficient (Wildman–Crippen LogP) is 2.19. The Hall–Kier alpha value is -3.62. The summed E-state index contributed by atoms with van der Waals surface area (Å²) >= 11 is 0. The van der Waals surface area contributed by atoms with Crippen LogP contribution in [-0.2, 0) is 0 Å². The van der Waals surface area contributed by atoms with Crippen molar-refractivity contribution in [3.05, 3.63) is 34.8 Å². The van der Waals surface area contributed by atoms with Gasteiger partial charge in [-0.15, -0.1) is 0 Å². The van der Waals surface area contributed by atoms with Crippen molar-refractivity contribution in [2.75, 3.05) is 32.1 Å². The fourth-order valence-electron chi connectivity index (χ4n) is 3.83. The Labute approximate surface area is 216 Å². The van der Waals surface area contributed by atoms with Crippen LogP contribution in [0.25, 0.3) is 0 Å². The van der Waals surface area contributed by atoms with Crippen LogP contribution in [0, 0.1) is 31.6 Å². The van der Waals surface area contributed by atoms with Crippen LogP contribution in [0.4, 0.5) is 10.5 Å². The van der Waals surface area contributed by atoms with E-state index in [0.29, 0.717) is 29.2 Å². The maximum absolute atomic E-state index is 13.5. The number of fused-ring (bicyclic) bond motifs is 1. The zero-order chi connectivity index (χ0) is 27.5. The summed E-state index contributed by atoms with van der Waals surface area (Å²) in [5, 5.41) is 26.4. The molecule has 200 valence electrons. The number of urea groups is 1. The zero-order valence-corrected chi connectivity index (χ0v) is 22.3. The van der Waals surface area contributed by atoms with E-state index in [1.165, 1.54) is 11.1 Å². The van der Waals surface area contributed by atoms with E-state index in [-0.39, 0.29) is 42.5 Å². The lowest BCUT2D eigenvalue weighted by molar-refractivity contribution is 0.0356. The minimum Gasteiger partial charge on any atom is -0.472 e. The first kappa shape index (κ1) is 28.0. The van der Waals surface area contributed by atoms with Crippen LogP contribution in [-0.4, -0.2) is 86.6 Å². The number of anilines is 1. The zero-order valence-electron chi connectivity index (χ0n) is 22.3. The molecule has 0 bridgehead atoms. The van der Waals surface area contributed by atoms with Gasteiger partial charge in [0.2, 0.25) is 5.88 Å². The SMILES string of the molecule is Cc1noc(C)c1NC(=O)N(C)C[C@@H]1Oc2ncc(C#CC(C)(C)O)cc2C(=O)N([C@H](C)CO)C[C@@H]1C. The smallest absolute Gasteiger partial charge is 0.321 e. The summed E-state index contributed by atoms with van der Waals surface area (Å²) in [6.07, 6.45) is 0.962. The number of hydrogen-bond donors (Lipinski definition) is 3. The van der Waals surface area contributed by atoms with Gasteiger partial charge in [-0.25, -0.2) is 9.78 Å². The van der Waals surface area contributed by atoms with Gasteiger partial charge in [0.25, 0.3) is 5.91 Å². The molecular weight excluding hydrogens is 478 g/mol. The lowest BCUT2D eigenvalue weighted by Crippen LogP contribution is -2.50. The molecule has 0 aromatic carbocycles. The molecule has 2 aromatic rings. The normalized spacial score (nSPS) is 18.5. The molecule has 1 aliphatic rings. The van der Waals surface area contributed by atoms with Crippen LogP contribution < -0.4 is 10.1 Å². The molecule has 0 fully saturated rings. The highest BCUT2D eigenvalue weighted by Crippen LogP contribution is 2.27. The molecule has 0 spiro atoms. The molecule has 0 saturated carbocycles. The van der Waals surface area contributed by atoms with Crippen molar-refractivity contribution >= 4 is 17.6 Å². The van der Waals surface area contributed by atoms with E-state index >= 15 is 0 Å². The number of likely N-dealkylation sites (N-methyl/N-ethyl adjacent to an activating group) is 1. The second kappa shape index (κ2) is 11.2. The fourth-order valence-corrected chi connectivity index (χ4v) is 3.83. The standard InChI is InChI=1S/C26H35N5O6/c1-15-12-31(16(2)14-32)24(33)20-10-19(8-9-26(5,6)35)11-27-23(20)36-21(15)13-30(7)25(34)28-22-17(3)29-37-18(22)4/h10-11,15-16,21,32,35H,12-14H2,1-7H3,(H,28,34)/t15-,16+,21-/m0/s1. The number of pyridine rings is 1. The largest absolute Gasteiger partial charge is 0.472 e. The van der Waals surface area contributed by atoms with Gasteiger partial charge in [-0.3, -0.25) is 4.79 Å². The number of ether oxygens (including phenoxy) is 1. The Morgan fingerprint density at radius 3 is 2.70 bits per heavy atom. The van der Waals surface area contributed by atoms with Crippen LogP contribution in [0.5, 0.6) is 5.88 Å². The summed E-state index contributed by atoms with van der Waals surface area (Å²) in [7, 11) is 1.64. The van der Waals surface area contributed by atoms with E-state index in [1.54, 1.807) is 52.6 Å². The van der Waals surface area contributed by atoms with Gasteiger partial charge in [0, 0.05) is 31.3 Å². The molecule has 11 heteroatoms. The summed E-state index contributed by atoms with van der Waals surface area (Å²) in [5.74, 6) is 5.62. The second-order valence-electron chi connectivity index (χ2n) is 10.0. The summed E-state index contributed by atoms with van der Waals surface area (Å²) in [4.78, 5) is 33.8. The molecule has 3 atom stereocenters. The molecule has 37 heavy (non-hydrogen) atoms. The average molecular weight is 514 g/mol. The highest BCUT2D eigenvalue weighted by molar-refractivity contribution is 5.97. The average Bonchev–Trinajstić information content (AvgIpc) is 3.15. The number of aryl methyl sites for hydroxylation is 2. The predicted molar refractivity (Wildman–Crippen MR) is 136 cm³/mol. The molecule has 11 nitrogen and oxygen atoms in total. The van der Waals surface area contributed by atoms with Gasteiger partial charge in [0.05, 0.1) is 19.2 Å². The molecule has 3 rings (SSSR count). The minimum absolute atomic E-state index is 0.116. The van der Waals surface area contributed by atoms with E-state index in [9.17, 15) is 19.8 Å². The number of aliphatic hydroxyl groups is 2. The molecular formula is C26H35N5O6. The van der Waals surface area contributed by atoms with Crippen molar-refractivity contribution in [1.82, 2.24) is 19.9 Å². The van der Waals surface area contributed by atoms with E-state index in [1.807, 2.05) is 6.92 Å². The first-order valence-corrected chi connectivity index (χ1v) is 12.1. The first-order valence-electron chi connectivity index (χ1n) is 12.1. The molecule has 0 radical (unpaired) electrons. The van der Waals surface area contributed by atoms with Crippen molar-refractivity contribution in [3.8, 4) is 17.7 Å². The second-order valence-corrected chi connectivity index (χ2v) is 10.0. The van der Waals surface area contributed by atoms with Gasteiger partial charge < -0.3 is 34.6 Å². The molecule has 3 N–H and O–H groups in total. The maximum atomic E-state index is 13.5. The third kappa shape index (κ3) is 6.78. The number of aliphatic hydroxyl groups excluding tert-OH is 1. The van der Waals surface area contributed by atoms with Gasteiger partial charge in [-0.1, -0.05) is 23.9 Å². The number of rotatable bonds is 5. The van der Waals surface area contributed by atoms with Crippen molar-refractivity contribution in [2.24, 2.45) is 5.92 Å². The van der Waals surface area contributed by atoms with Gasteiger partial charge in [0.15, 0.2) is 5.76 Å². The summed E-state index contributed by atoms with van der Waals surface area (Å²) in [6.45, 7) is 10.5. The Morgan fingerprint density at radius 1 is 1.41 bits per heavy atom. The first-order chi connectivity index (χ1) is 17.3. The molecule has 2 aromatic heterocycles. The Bertz CT molecular complexity index is 1190. The van der Waals surface area contributed by atoms with Gasteiger partial charge in [-0.05, 0) is 40.7 Å². The Kier molecular flexibility index (Phi) is 8.46.